The van der Waals surface area contributed by atoms with Crippen molar-refractivity contribution in [2.24, 2.45) is 4.99 Å². The summed E-state index contributed by atoms with van der Waals surface area (Å²) in [7, 11) is 4.62. The summed E-state index contributed by atoms with van der Waals surface area (Å²) < 4.78 is 18.9. The lowest BCUT2D eigenvalue weighted by Crippen LogP contribution is -2.15. The van der Waals surface area contributed by atoms with Gasteiger partial charge < -0.3 is 18.8 Å². The molecular formula is C24H24N2O4S. The molecule has 2 aromatic carbocycles. The lowest BCUT2D eigenvalue weighted by Gasteiger charge is -2.12. The number of aromatic nitrogens is 1. The number of carbonyl (C=O) groups is 1. The van der Waals surface area contributed by atoms with Crippen molar-refractivity contribution in [3.8, 4) is 29.6 Å². The molecule has 1 amide bonds. The van der Waals surface area contributed by atoms with Gasteiger partial charge in [0.15, 0.2) is 16.3 Å². The van der Waals surface area contributed by atoms with Crippen molar-refractivity contribution in [2.75, 3.05) is 21.3 Å². The first-order valence-electron chi connectivity index (χ1n) is 9.52. The highest BCUT2D eigenvalue weighted by molar-refractivity contribution is 7.16. The van der Waals surface area contributed by atoms with Crippen LogP contribution in [0, 0.1) is 26.2 Å². The Bertz CT molecular complexity index is 1250. The highest BCUT2D eigenvalue weighted by Crippen LogP contribution is 2.38. The van der Waals surface area contributed by atoms with Gasteiger partial charge in [-0.3, -0.25) is 4.79 Å². The fraction of sp³-hybridized carbons (Fsp3) is 0.250. The number of amides is 1. The average Bonchev–Trinajstić information content (AvgIpc) is 3.07. The molecule has 0 fully saturated rings. The zero-order valence-corrected chi connectivity index (χ0v) is 19.0. The van der Waals surface area contributed by atoms with Gasteiger partial charge in [-0.05, 0) is 60.9 Å². The first-order valence-corrected chi connectivity index (χ1v) is 10.3. The third kappa shape index (κ3) is 4.65. The molecule has 3 rings (SSSR count). The molecule has 0 spiro atoms. The van der Waals surface area contributed by atoms with Crippen LogP contribution in [0.3, 0.4) is 0 Å². The van der Waals surface area contributed by atoms with E-state index >= 15 is 0 Å². The smallest absolute Gasteiger partial charge is 0.272 e. The fourth-order valence-electron chi connectivity index (χ4n) is 3.15. The van der Waals surface area contributed by atoms with E-state index in [-0.39, 0.29) is 5.91 Å². The maximum Gasteiger partial charge on any atom is 0.272 e. The standard InChI is InChI=1S/C24H24N2O4S/c1-7-10-26-18-11-15(2)16(3)12-21(18)31-24(26)25-22(27)9-8-17-13-19(28-4)23(30-6)20(14-17)29-5/h1,8-9,11-14H,10H2,2-6H3. The Labute approximate surface area is 185 Å². The number of benzene rings is 2. The molecular weight excluding hydrogens is 412 g/mol. The van der Waals surface area contributed by atoms with Crippen LogP contribution < -0.4 is 19.0 Å². The van der Waals surface area contributed by atoms with Crippen LogP contribution in [0.5, 0.6) is 17.2 Å². The molecule has 0 N–H and O–H groups in total. The Morgan fingerprint density at radius 3 is 2.32 bits per heavy atom. The van der Waals surface area contributed by atoms with Crippen LogP contribution in [0.2, 0.25) is 0 Å². The van der Waals surface area contributed by atoms with Crippen LogP contribution >= 0.6 is 11.3 Å². The molecule has 160 valence electrons. The minimum atomic E-state index is -0.389. The predicted octanol–water partition coefficient (Wildman–Crippen LogP) is 4.12. The number of thiazole rings is 1. The van der Waals surface area contributed by atoms with Gasteiger partial charge >= 0.3 is 0 Å². The van der Waals surface area contributed by atoms with E-state index in [1.165, 1.54) is 30.1 Å². The molecule has 0 saturated heterocycles. The zero-order chi connectivity index (χ0) is 22.5. The van der Waals surface area contributed by atoms with Crippen molar-refractivity contribution < 1.29 is 19.0 Å². The molecule has 0 unspecified atom stereocenters. The summed E-state index contributed by atoms with van der Waals surface area (Å²) in [6.07, 6.45) is 8.61. The van der Waals surface area contributed by atoms with Crippen molar-refractivity contribution in [1.82, 2.24) is 4.57 Å². The second-order valence-electron chi connectivity index (χ2n) is 6.82. The third-order valence-corrected chi connectivity index (χ3v) is 5.90. The molecule has 0 aliphatic carbocycles. The van der Waals surface area contributed by atoms with Crippen LogP contribution in [-0.2, 0) is 11.3 Å². The molecule has 7 heteroatoms. The molecule has 0 saturated carbocycles. The molecule has 1 heterocycles. The SMILES string of the molecule is C#CCn1c(=NC(=O)C=Cc2cc(OC)c(OC)c(OC)c2)sc2cc(C)c(C)cc21. The van der Waals surface area contributed by atoms with Gasteiger partial charge in [0.1, 0.15) is 0 Å². The van der Waals surface area contributed by atoms with Crippen molar-refractivity contribution >= 4 is 33.5 Å². The maximum absolute atomic E-state index is 12.6. The molecule has 0 atom stereocenters. The van der Waals surface area contributed by atoms with E-state index in [1.807, 2.05) is 4.57 Å². The van der Waals surface area contributed by atoms with Crippen molar-refractivity contribution in [3.05, 3.63) is 51.8 Å². The molecule has 0 radical (unpaired) electrons. The van der Waals surface area contributed by atoms with Crippen LogP contribution in [0.1, 0.15) is 16.7 Å². The summed E-state index contributed by atoms with van der Waals surface area (Å²) in [5.41, 5.74) is 4.04. The Hall–Kier alpha value is -3.50. The van der Waals surface area contributed by atoms with Gasteiger partial charge in [-0.1, -0.05) is 17.3 Å². The van der Waals surface area contributed by atoms with Gasteiger partial charge in [-0.25, -0.2) is 0 Å². The molecule has 31 heavy (non-hydrogen) atoms. The van der Waals surface area contributed by atoms with Gasteiger partial charge in [-0.15, -0.1) is 6.42 Å². The lowest BCUT2D eigenvalue weighted by atomic mass is 10.1. The Kier molecular flexibility index (Phi) is 6.83. The summed E-state index contributed by atoms with van der Waals surface area (Å²) >= 11 is 1.44. The molecule has 6 nitrogen and oxygen atoms in total. The first kappa shape index (κ1) is 22.2. The normalized spacial score (nSPS) is 11.7. The van der Waals surface area contributed by atoms with Gasteiger partial charge in [0.05, 0.1) is 38.1 Å². The van der Waals surface area contributed by atoms with Crippen molar-refractivity contribution in [1.29, 1.82) is 0 Å². The topological polar surface area (TPSA) is 62.1 Å². The van der Waals surface area contributed by atoms with E-state index in [2.05, 4.69) is 36.9 Å². The molecule has 0 bridgehead atoms. The predicted molar refractivity (Wildman–Crippen MR) is 124 cm³/mol. The number of methoxy groups -OCH3 is 3. The number of carbonyl (C=O) groups excluding carboxylic acids is 1. The monoisotopic (exact) mass is 436 g/mol. The number of fused-ring (bicyclic) bond motifs is 1. The second-order valence-corrected chi connectivity index (χ2v) is 7.83. The largest absolute Gasteiger partial charge is 0.493 e. The Balaban J connectivity index is 2.00. The number of rotatable bonds is 6. The number of aryl methyl sites for hydroxylation is 2. The highest BCUT2D eigenvalue weighted by Gasteiger charge is 2.12. The van der Waals surface area contributed by atoms with Crippen molar-refractivity contribution in [3.63, 3.8) is 0 Å². The average molecular weight is 437 g/mol. The molecule has 3 aromatic rings. The zero-order valence-electron chi connectivity index (χ0n) is 18.2. The third-order valence-electron chi connectivity index (χ3n) is 4.86. The maximum atomic E-state index is 12.6. The quantitative estimate of drug-likeness (QED) is 0.431. The molecule has 0 aliphatic heterocycles. The van der Waals surface area contributed by atoms with E-state index < -0.39 is 0 Å². The fourth-order valence-corrected chi connectivity index (χ4v) is 4.26. The molecule has 1 aromatic heterocycles. The number of ether oxygens (including phenoxy) is 3. The van der Waals surface area contributed by atoms with Gasteiger partial charge in [0, 0.05) is 6.08 Å². The van der Waals surface area contributed by atoms with Gasteiger partial charge in [0.2, 0.25) is 5.75 Å². The summed E-state index contributed by atoms with van der Waals surface area (Å²) in [4.78, 5) is 17.4. The van der Waals surface area contributed by atoms with Crippen LogP contribution in [-0.4, -0.2) is 31.8 Å². The van der Waals surface area contributed by atoms with Crippen LogP contribution in [0.4, 0.5) is 0 Å². The molecule has 0 aliphatic rings. The van der Waals surface area contributed by atoms with Gasteiger partial charge in [0.25, 0.3) is 5.91 Å². The number of hydrogen-bond donors (Lipinski definition) is 0. The van der Waals surface area contributed by atoms with E-state index in [0.717, 1.165) is 21.3 Å². The van der Waals surface area contributed by atoms with E-state index in [1.54, 1.807) is 32.4 Å². The summed E-state index contributed by atoms with van der Waals surface area (Å²) in [5, 5.41) is 0. The van der Waals surface area contributed by atoms with E-state index in [4.69, 9.17) is 20.6 Å². The minimum absolute atomic E-state index is 0.338. The first-order chi connectivity index (χ1) is 14.9. The van der Waals surface area contributed by atoms with Crippen LogP contribution in [0.15, 0.2) is 35.3 Å². The Morgan fingerprint density at radius 1 is 1.10 bits per heavy atom. The summed E-state index contributed by atoms with van der Waals surface area (Å²) in [6.45, 7) is 4.45. The summed E-state index contributed by atoms with van der Waals surface area (Å²) in [6, 6.07) is 7.69. The lowest BCUT2D eigenvalue weighted by molar-refractivity contribution is -0.113. The van der Waals surface area contributed by atoms with Gasteiger partial charge in [-0.2, -0.15) is 4.99 Å². The van der Waals surface area contributed by atoms with Crippen LogP contribution in [0.25, 0.3) is 16.3 Å². The van der Waals surface area contributed by atoms with E-state index in [0.29, 0.717) is 28.6 Å². The number of terminal acetylenes is 1. The summed E-state index contributed by atoms with van der Waals surface area (Å²) in [5.74, 6) is 3.76. The van der Waals surface area contributed by atoms with Crippen molar-refractivity contribution in [2.45, 2.75) is 20.4 Å². The Morgan fingerprint density at radius 2 is 1.74 bits per heavy atom. The number of hydrogen-bond acceptors (Lipinski definition) is 5. The number of nitrogens with zero attached hydrogens (tertiary/aromatic N) is 2. The minimum Gasteiger partial charge on any atom is -0.493 e. The van der Waals surface area contributed by atoms with E-state index in [9.17, 15) is 4.79 Å². The highest BCUT2D eigenvalue weighted by atomic mass is 32.1. The second kappa shape index (κ2) is 9.54.